The van der Waals surface area contributed by atoms with Crippen molar-refractivity contribution in [3.8, 4) is 11.5 Å². The lowest BCUT2D eigenvalue weighted by molar-refractivity contribution is -0.137. The maximum atomic E-state index is 13.6. The molecule has 6 nitrogen and oxygen atoms in total. The smallest absolute Gasteiger partial charge is 0.421 e. The minimum absolute atomic E-state index is 0.0213. The van der Waals surface area contributed by atoms with Crippen LogP contribution in [0.4, 0.5) is 36.3 Å². The normalized spacial score (nSPS) is 12.2. The van der Waals surface area contributed by atoms with Crippen molar-refractivity contribution in [1.82, 2.24) is 9.97 Å². The largest absolute Gasteiger partial charge is 0.494 e. The van der Waals surface area contributed by atoms with Gasteiger partial charge in [-0.2, -0.15) is 18.2 Å². The molecular formula is C24H27F3N4O2. The number of hydrogen-bond acceptors (Lipinski definition) is 6. The number of hydrogen-bond donors (Lipinski definition) is 2. The average Bonchev–Trinajstić information content (AvgIpc) is 2.79. The van der Waals surface area contributed by atoms with Crippen LogP contribution in [-0.4, -0.2) is 22.7 Å². The molecule has 1 aromatic heterocycles. The van der Waals surface area contributed by atoms with Crippen LogP contribution in [0.5, 0.6) is 11.5 Å². The van der Waals surface area contributed by atoms with Crippen LogP contribution in [0.25, 0.3) is 0 Å². The number of alkyl halides is 3. The molecule has 2 N–H and O–H groups in total. The Morgan fingerprint density at radius 2 is 1.73 bits per heavy atom. The van der Waals surface area contributed by atoms with E-state index in [0.29, 0.717) is 29.5 Å². The van der Waals surface area contributed by atoms with Gasteiger partial charge in [0.25, 0.3) is 0 Å². The van der Waals surface area contributed by atoms with Crippen LogP contribution in [-0.2, 0) is 6.18 Å². The molecule has 0 spiro atoms. The summed E-state index contributed by atoms with van der Waals surface area (Å²) in [4.78, 5) is 7.96. The molecular weight excluding hydrogens is 433 g/mol. The third-order valence-electron chi connectivity index (χ3n) is 4.72. The van der Waals surface area contributed by atoms with E-state index in [1.54, 1.807) is 48.5 Å². The second-order valence-corrected chi connectivity index (χ2v) is 7.41. The van der Waals surface area contributed by atoms with Gasteiger partial charge in [0.15, 0.2) is 0 Å². The first kappa shape index (κ1) is 24.2. The Bertz CT molecular complexity index is 1040. The second kappa shape index (κ2) is 10.9. The van der Waals surface area contributed by atoms with Crippen molar-refractivity contribution in [1.29, 1.82) is 0 Å². The standard InChI is InChI=1S/C24H27F3N4O2/c1-4-14-32-18-12-10-17(11-13-18)29-23-28-15-19(24(25,26)27)22(31-23)30-20-8-6-7-9-21(20)33-16(3)5-2/h6-13,15-16H,4-5,14H2,1-3H3,(H2,28,29,30,31). The molecule has 0 aliphatic heterocycles. The van der Waals surface area contributed by atoms with Crippen LogP contribution in [0.15, 0.2) is 54.7 Å². The van der Waals surface area contributed by atoms with E-state index in [-0.39, 0.29) is 17.9 Å². The number of ether oxygens (including phenoxy) is 2. The van der Waals surface area contributed by atoms with Gasteiger partial charge in [-0.15, -0.1) is 0 Å². The van der Waals surface area contributed by atoms with E-state index < -0.39 is 11.7 Å². The summed E-state index contributed by atoms with van der Waals surface area (Å²) in [6.07, 6.45) is -2.32. The first-order chi connectivity index (χ1) is 15.8. The molecule has 176 valence electrons. The summed E-state index contributed by atoms with van der Waals surface area (Å²) in [6, 6.07) is 13.8. The number of nitrogens with zero attached hydrogens (tertiary/aromatic N) is 2. The summed E-state index contributed by atoms with van der Waals surface area (Å²) in [5, 5.41) is 5.71. The molecule has 0 bridgehead atoms. The van der Waals surface area contributed by atoms with Gasteiger partial charge < -0.3 is 20.1 Å². The van der Waals surface area contributed by atoms with E-state index >= 15 is 0 Å². The number of benzene rings is 2. The topological polar surface area (TPSA) is 68.3 Å². The Kier molecular flexibility index (Phi) is 7.97. The number of anilines is 4. The molecule has 3 aromatic rings. The second-order valence-electron chi connectivity index (χ2n) is 7.41. The predicted molar refractivity (Wildman–Crippen MR) is 123 cm³/mol. The third-order valence-corrected chi connectivity index (χ3v) is 4.72. The molecule has 1 unspecified atom stereocenters. The van der Waals surface area contributed by atoms with Gasteiger partial charge in [0, 0.05) is 11.9 Å². The van der Waals surface area contributed by atoms with Crippen molar-refractivity contribution in [2.75, 3.05) is 17.2 Å². The zero-order valence-corrected chi connectivity index (χ0v) is 18.7. The number of nitrogens with one attached hydrogen (secondary N) is 2. The maximum Gasteiger partial charge on any atom is 0.421 e. The monoisotopic (exact) mass is 460 g/mol. The van der Waals surface area contributed by atoms with Crippen molar-refractivity contribution < 1.29 is 22.6 Å². The summed E-state index contributed by atoms with van der Waals surface area (Å²) < 4.78 is 52.3. The predicted octanol–water partition coefficient (Wildman–Crippen LogP) is 6.95. The molecule has 1 heterocycles. The Labute approximate surface area is 191 Å². The van der Waals surface area contributed by atoms with E-state index in [9.17, 15) is 13.2 Å². The molecule has 2 aromatic carbocycles. The lowest BCUT2D eigenvalue weighted by Gasteiger charge is -2.19. The molecule has 0 amide bonds. The number of rotatable bonds is 10. The Hall–Kier alpha value is -3.49. The van der Waals surface area contributed by atoms with E-state index in [2.05, 4.69) is 20.6 Å². The van der Waals surface area contributed by atoms with Crippen molar-refractivity contribution in [3.63, 3.8) is 0 Å². The first-order valence-corrected chi connectivity index (χ1v) is 10.8. The minimum atomic E-state index is -4.63. The van der Waals surface area contributed by atoms with Crippen molar-refractivity contribution in [2.45, 2.75) is 45.9 Å². The summed E-state index contributed by atoms with van der Waals surface area (Å²) in [7, 11) is 0. The number of halogens is 3. The van der Waals surface area contributed by atoms with Gasteiger partial charge in [-0.3, -0.25) is 0 Å². The SMILES string of the molecule is CCCOc1ccc(Nc2ncc(C(F)(F)F)c(Nc3ccccc3OC(C)CC)n2)cc1. The molecule has 0 saturated carbocycles. The van der Waals surface area contributed by atoms with Gasteiger partial charge in [-0.1, -0.05) is 26.0 Å². The van der Waals surface area contributed by atoms with Crippen LogP contribution >= 0.6 is 0 Å². The average molecular weight is 461 g/mol. The molecule has 0 fully saturated rings. The van der Waals surface area contributed by atoms with Crippen molar-refractivity contribution in [3.05, 3.63) is 60.3 Å². The van der Waals surface area contributed by atoms with Crippen LogP contribution in [0.2, 0.25) is 0 Å². The fourth-order valence-electron chi connectivity index (χ4n) is 2.83. The first-order valence-electron chi connectivity index (χ1n) is 10.8. The number of para-hydroxylation sites is 2. The van der Waals surface area contributed by atoms with Crippen molar-refractivity contribution in [2.24, 2.45) is 0 Å². The fraction of sp³-hybridized carbons (Fsp3) is 0.333. The van der Waals surface area contributed by atoms with Gasteiger partial charge in [-0.05, 0) is 56.2 Å². The van der Waals surface area contributed by atoms with E-state index in [4.69, 9.17) is 9.47 Å². The molecule has 9 heteroatoms. The zero-order valence-electron chi connectivity index (χ0n) is 18.7. The van der Waals surface area contributed by atoms with Gasteiger partial charge in [0.1, 0.15) is 22.9 Å². The van der Waals surface area contributed by atoms with Gasteiger partial charge in [0.2, 0.25) is 5.95 Å². The Balaban J connectivity index is 1.87. The summed E-state index contributed by atoms with van der Waals surface area (Å²) >= 11 is 0. The maximum absolute atomic E-state index is 13.6. The minimum Gasteiger partial charge on any atom is -0.494 e. The third kappa shape index (κ3) is 6.74. The highest BCUT2D eigenvalue weighted by molar-refractivity contribution is 5.67. The Morgan fingerprint density at radius 1 is 1.00 bits per heavy atom. The molecule has 1 atom stereocenters. The lowest BCUT2D eigenvalue weighted by atomic mass is 10.2. The van der Waals surface area contributed by atoms with E-state index in [0.717, 1.165) is 19.0 Å². The summed E-state index contributed by atoms with van der Waals surface area (Å²) in [6.45, 7) is 6.47. The van der Waals surface area contributed by atoms with Gasteiger partial charge >= 0.3 is 6.18 Å². The highest BCUT2D eigenvalue weighted by Gasteiger charge is 2.35. The molecule has 0 saturated heterocycles. The van der Waals surface area contributed by atoms with Crippen LogP contribution < -0.4 is 20.1 Å². The zero-order chi connectivity index (χ0) is 23.8. The van der Waals surface area contributed by atoms with Crippen LogP contribution in [0.1, 0.15) is 39.2 Å². The van der Waals surface area contributed by atoms with E-state index in [1.165, 1.54) is 0 Å². The van der Waals surface area contributed by atoms with Gasteiger partial charge in [0.05, 0.1) is 18.4 Å². The summed E-state index contributed by atoms with van der Waals surface area (Å²) in [5.74, 6) is 0.794. The lowest BCUT2D eigenvalue weighted by Crippen LogP contribution is -2.14. The highest BCUT2D eigenvalue weighted by Crippen LogP contribution is 2.37. The van der Waals surface area contributed by atoms with Crippen LogP contribution in [0, 0.1) is 0 Å². The Morgan fingerprint density at radius 3 is 2.39 bits per heavy atom. The van der Waals surface area contributed by atoms with Crippen LogP contribution in [0.3, 0.4) is 0 Å². The highest BCUT2D eigenvalue weighted by atomic mass is 19.4. The molecule has 3 rings (SSSR count). The fourth-order valence-corrected chi connectivity index (χ4v) is 2.83. The van der Waals surface area contributed by atoms with Gasteiger partial charge in [-0.25, -0.2) is 4.98 Å². The summed E-state index contributed by atoms with van der Waals surface area (Å²) in [5.41, 5.74) is 0.0187. The molecule has 0 aliphatic carbocycles. The molecule has 0 aliphatic rings. The quantitative estimate of drug-likeness (QED) is 0.341. The van der Waals surface area contributed by atoms with Crippen molar-refractivity contribution >= 4 is 23.1 Å². The van der Waals surface area contributed by atoms with E-state index in [1.807, 2.05) is 20.8 Å². The molecule has 33 heavy (non-hydrogen) atoms. The number of aromatic nitrogens is 2. The molecule has 0 radical (unpaired) electrons.